The summed E-state index contributed by atoms with van der Waals surface area (Å²) in [4.78, 5) is 0. The van der Waals surface area contributed by atoms with Gasteiger partial charge in [-0.3, -0.25) is 0 Å². The molecule has 0 amide bonds. The topological polar surface area (TPSA) is 26.0 Å². The summed E-state index contributed by atoms with van der Waals surface area (Å²) < 4.78 is 0. The normalized spacial score (nSPS) is 10.0. The number of rotatable bonds is 2. The third-order valence-corrected chi connectivity index (χ3v) is 3.04. The summed E-state index contributed by atoms with van der Waals surface area (Å²) in [6.07, 6.45) is 1.70. The lowest BCUT2D eigenvalue weighted by Crippen LogP contribution is -1.96. The predicted molar refractivity (Wildman–Crippen MR) is 73.6 cm³/mol. The summed E-state index contributed by atoms with van der Waals surface area (Å²) in [5.41, 5.74) is 11.8. The molecule has 0 unspecified atom stereocenters. The Morgan fingerprint density at radius 1 is 0.824 bits per heavy atom. The molecule has 2 aromatic carbocycles. The fourth-order valence-electron chi connectivity index (χ4n) is 2.07. The molecule has 1 nitrogen and oxygen atoms in total. The minimum absolute atomic E-state index is 1.10. The van der Waals surface area contributed by atoms with Crippen molar-refractivity contribution < 1.29 is 0 Å². The van der Waals surface area contributed by atoms with Crippen molar-refractivity contribution >= 4 is 5.57 Å². The molecule has 0 aliphatic heterocycles. The number of nitrogens with two attached hydrogens (primary N) is 1. The van der Waals surface area contributed by atoms with Crippen LogP contribution in [0.4, 0.5) is 0 Å². The molecule has 0 aromatic heterocycles. The molecule has 86 valence electrons. The van der Waals surface area contributed by atoms with Crippen molar-refractivity contribution in [1.29, 1.82) is 0 Å². The van der Waals surface area contributed by atoms with Gasteiger partial charge in [-0.25, -0.2) is 0 Å². The van der Waals surface area contributed by atoms with Crippen LogP contribution < -0.4 is 5.73 Å². The van der Waals surface area contributed by atoms with Gasteiger partial charge in [0, 0.05) is 11.8 Å². The van der Waals surface area contributed by atoms with Gasteiger partial charge in [0.25, 0.3) is 0 Å². The van der Waals surface area contributed by atoms with Gasteiger partial charge in [0.2, 0.25) is 0 Å². The van der Waals surface area contributed by atoms with E-state index in [1.807, 2.05) is 24.3 Å². The molecule has 0 atom stereocenters. The van der Waals surface area contributed by atoms with Gasteiger partial charge in [0.05, 0.1) is 0 Å². The summed E-state index contributed by atoms with van der Waals surface area (Å²) in [5.74, 6) is 0. The monoisotopic (exact) mass is 223 g/mol. The Balaban J connectivity index is 2.57. The lowest BCUT2D eigenvalue weighted by molar-refractivity contribution is 1.36. The molecule has 0 aliphatic carbocycles. The van der Waals surface area contributed by atoms with Crippen LogP contribution in [0.3, 0.4) is 0 Å². The molecule has 0 saturated heterocycles. The van der Waals surface area contributed by atoms with E-state index in [1.165, 1.54) is 22.3 Å². The fourth-order valence-corrected chi connectivity index (χ4v) is 2.07. The van der Waals surface area contributed by atoms with Crippen LogP contribution >= 0.6 is 0 Å². The van der Waals surface area contributed by atoms with Crippen molar-refractivity contribution in [3.8, 4) is 0 Å². The first-order valence-corrected chi connectivity index (χ1v) is 5.78. The summed E-state index contributed by atoms with van der Waals surface area (Å²) in [5, 5.41) is 0. The van der Waals surface area contributed by atoms with Crippen LogP contribution in [-0.4, -0.2) is 0 Å². The maximum absolute atomic E-state index is 5.81. The molecule has 0 heterocycles. The molecule has 1 heteroatoms. The smallest absolute Gasteiger partial charge is 0.00489 e. The number of aryl methyl sites for hydroxylation is 2. The van der Waals surface area contributed by atoms with Crippen LogP contribution in [0.25, 0.3) is 5.57 Å². The van der Waals surface area contributed by atoms with Crippen LogP contribution in [0.15, 0.2) is 54.7 Å². The molecule has 0 spiro atoms. The van der Waals surface area contributed by atoms with Crippen LogP contribution in [0.1, 0.15) is 22.3 Å². The highest BCUT2D eigenvalue weighted by Gasteiger charge is 2.08. The van der Waals surface area contributed by atoms with E-state index in [2.05, 4.69) is 38.1 Å². The second-order valence-electron chi connectivity index (χ2n) is 4.21. The molecule has 0 bridgehead atoms. The summed E-state index contributed by atoms with van der Waals surface area (Å²) >= 11 is 0. The second-order valence-corrected chi connectivity index (χ2v) is 4.21. The Labute approximate surface area is 103 Å². The molecule has 0 aliphatic rings. The number of hydrogen-bond acceptors (Lipinski definition) is 1. The van der Waals surface area contributed by atoms with E-state index in [4.69, 9.17) is 5.73 Å². The molecular formula is C16H17N. The van der Waals surface area contributed by atoms with E-state index in [-0.39, 0.29) is 0 Å². The van der Waals surface area contributed by atoms with Gasteiger partial charge >= 0.3 is 0 Å². The quantitative estimate of drug-likeness (QED) is 0.826. The van der Waals surface area contributed by atoms with Crippen molar-refractivity contribution in [2.24, 2.45) is 5.73 Å². The Morgan fingerprint density at radius 3 is 1.59 bits per heavy atom. The van der Waals surface area contributed by atoms with Gasteiger partial charge < -0.3 is 5.73 Å². The molecule has 2 rings (SSSR count). The van der Waals surface area contributed by atoms with E-state index in [0.717, 1.165) is 5.57 Å². The molecular weight excluding hydrogens is 206 g/mol. The highest BCUT2D eigenvalue weighted by Crippen LogP contribution is 2.27. The van der Waals surface area contributed by atoms with Crippen LogP contribution in [0.2, 0.25) is 0 Å². The van der Waals surface area contributed by atoms with Crippen molar-refractivity contribution in [3.05, 3.63) is 77.0 Å². The maximum Gasteiger partial charge on any atom is 0.00489 e. The first-order valence-electron chi connectivity index (χ1n) is 5.78. The zero-order valence-corrected chi connectivity index (χ0v) is 10.3. The number of benzene rings is 2. The summed E-state index contributed by atoms with van der Waals surface area (Å²) in [6.45, 7) is 4.22. The average Bonchev–Trinajstić information content (AvgIpc) is 2.34. The van der Waals surface area contributed by atoms with E-state index in [1.54, 1.807) is 6.20 Å². The largest absolute Gasteiger partial charge is 0.404 e. The molecule has 0 saturated carbocycles. The van der Waals surface area contributed by atoms with Gasteiger partial charge in [0.15, 0.2) is 0 Å². The molecule has 0 fully saturated rings. The Hall–Kier alpha value is -2.02. The van der Waals surface area contributed by atoms with Crippen molar-refractivity contribution in [3.63, 3.8) is 0 Å². The van der Waals surface area contributed by atoms with E-state index in [9.17, 15) is 0 Å². The zero-order chi connectivity index (χ0) is 12.3. The van der Waals surface area contributed by atoms with E-state index >= 15 is 0 Å². The Bertz CT molecular complexity index is 505. The molecule has 2 N–H and O–H groups in total. The lowest BCUT2D eigenvalue weighted by atomic mass is 9.92. The molecule has 2 aromatic rings. The lowest BCUT2D eigenvalue weighted by Gasteiger charge is -2.12. The Morgan fingerprint density at radius 2 is 1.24 bits per heavy atom. The highest BCUT2D eigenvalue weighted by molar-refractivity contribution is 5.82. The maximum atomic E-state index is 5.81. The standard InChI is InChI=1S/C16H17N/c1-12-7-3-5-9-14(12)16(11-17)15-10-6-4-8-13(15)2/h3-11H,17H2,1-2H3. The summed E-state index contributed by atoms with van der Waals surface area (Å²) in [7, 11) is 0. The van der Waals surface area contributed by atoms with Gasteiger partial charge in [-0.05, 0) is 36.1 Å². The van der Waals surface area contributed by atoms with Crippen molar-refractivity contribution in [1.82, 2.24) is 0 Å². The van der Waals surface area contributed by atoms with Crippen molar-refractivity contribution in [2.75, 3.05) is 0 Å². The Kier molecular flexibility index (Phi) is 3.29. The molecule has 17 heavy (non-hydrogen) atoms. The minimum atomic E-state index is 1.10. The minimum Gasteiger partial charge on any atom is -0.404 e. The predicted octanol–water partition coefficient (Wildman–Crippen LogP) is 3.65. The van der Waals surface area contributed by atoms with Gasteiger partial charge in [-0.15, -0.1) is 0 Å². The van der Waals surface area contributed by atoms with Crippen LogP contribution in [0.5, 0.6) is 0 Å². The van der Waals surface area contributed by atoms with E-state index in [0.29, 0.717) is 0 Å². The SMILES string of the molecule is Cc1ccccc1C(=CN)c1ccccc1C. The molecule has 0 radical (unpaired) electrons. The number of hydrogen-bond donors (Lipinski definition) is 1. The van der Waals surface area contributed by atoms with Gasteiger partial charge in [-0.2, -0.15) is 0 Å². The first kappa shape index (κ1) is 11.5. The zero-order valence-electron chi connectivity index (χ0n) is 10.3. The summed E-state index contributed by atoms with van der Waals surface area (Å²) in [6, 6.07) is 16.6. The second kappa shape index (κ2) is 4.88. The van der Waals surface area contributed by atoms with Gasteiger partial charge in [-0.1, -0.05) is 48.5 Å². The first-order chi connectivity index (χ1) is 8.24. The van der Waals surface area contributed by atoms with E-state index < -0.39 is 0 Å². The van der Waals surface area contributed by atoms with Crippen LogP contribution in [-0.2, 0) is 0 Å². The van der Waals surface area contributed by atoms with Crippen molar-refractivity contribution in [2.45, 2.75) is 13.8 Å². The van der Waals surface area contributed by atoms with Gasteiger partial charge in [0.1, 0.15) is 0 Å². The van der Waals surface area contributed by atoms with Crippen LogP contribution in [0, 0.1) is 13.8 Å². The fraction of sp³-hybridized carbons (Fsp3) is 0.125. The average molecular weight is 223 g/mol. The third-order valence-electron chi connectivity index (χ3n) is 3.04. The highest BCUT2D eigenvalue weighted by atomic mass is 14.5. The third kappa shape index (κ3) is 2.23.